The van der Waals surface area contributed by atoms with Gasteiger partial charge in [0.25, 0.3) is 0 Å². The molecule has 0 spiro atoms. The first-order valence-electron chi connectivity index (χ1n) is 8.12. The summed E-state index contributed by atoms with van der Waals surface area (Å²) in [5, 5.41) is 0. The van der Waals surface area contributed by atoms with Crippen molar-refractivity contribution in [3.05, 3.63) is 94.0 Å². The smallest absolute Gasteiger partial charge is 0.351 e. The summed E-state index contributed by atoms with van der Waals surface area (Å²) in [6.07, 6.45) is 0.471. The van der Waals surface area contributed by atoms with Crippen molar-refractivity contribution in [3.8, 4) is 11.1 Å². The highest BCUT2D eigenvalue weighted by Crippen LogP contribution is 2.24. The summed E-state index contributed by atoms with van der Waals surface area (Å²) in [6, 6.07) is 20.7. The van der Waals surface area contributed by atoms with E-state index < -0.39 is 11.6 Å². The van der Waals surface area contributed by atoms with Gasteiger partial charge in [0.05, 0.1) is 6.61 Å². The fourth-order valence-corrected chi connectivity index (χ4v) is 2.67. The van der Waals surface area contributed by atoms with E-state index >= 15 is 0 Å². The number of hydrogen-bond donors (Lipinski definition) is 0. The molecule has 0 fully saturated rings. The van der Waals surface area contributed by atoms with Crippen LogP contribution in [-0.2, 0) is 11.2 Å². The van der Waals surface area contributed by atoms with E-state index in [0.29, 0.717) is 17.7 Å². The van der Waals surface area contributed by atoms with E-state index in [2.05, 4.69) is 0 Å². The van der Waals surface area contributed by atoms with Gasteiger partial charge >= 0.3 is 11.6 Å². The van der Waals surface area contributed by atoms with Crippen molar-refractivity contribution < 1.29 is 13.9 Å². The Morgan fingerprint density at radius 3 is 2.28 bits per heavy atom. The van der Waals surface area contributed by atoms with Gasteiger partial charge in [0.2, 0.25) is 0 Å². The first kappa shape index (κ1) is 16.7. The van der Waals surface area contributed by atoms with Crippen molar-refractivity contribution >= 4 is 5.97 Å². The third-order valence-corrected chi connectivity index (χ3v) is 3.79. The van der Waals surface area contributed by atoms with Crippen molar-refractivity contribution in [1.82, 2.24) is 0 Å². The molecule has 3 rings (SSSR count). The molecule has 0 aliphatic carbocycles. The van der Waals surface area contributed by atoms with Crippen molar-refractivity contribution in [2.75, 3.05) is 6.61 Å². The summed E-state index contributed by atoms with van der Waals surface area (Å²) in [6.45, 7) is 1.89. The summed E-state index contributed by atoms with van der Waals surface area (Å²) in [4.78, 5) is 24.7. The minimum Gasteiger partial charge on any atom is -0.462 e. The normalized spacial score (nSPS) is 10.4. The van der Waals surface area contributed by atoms with Crippen LogP contribution in [0.3, 0.4) is 0 Å². The molecule has 0 aliphatic rings. The van der Waals surface area contributed by atoms with Crippen LogP contribution < -0.4 is 5.63 Å². The van der Waals surface area contributed by atoms with Crippen molar-refractivity contribution in [1.29, 1.82) is 0 Å². The molecule has 126 valence electrons. The molecule has 3 aromatic rings. The number of carbonyl (C=O) groups is 1. The topological polar surface area (TPSA) is 56.5 Å². The fraction of sp³-hybridized carbons (Fsp3) is 0.143. The zero-order valence-corrected chi connectivity index (χ0v) is 13.9. The van der Waals surface area contributed by atoms with E-state index in [0.717, 1.165) is 11.1 Å². The van der Waals surface area contributed by atoms with Gasteiger partial charge in [0, 0.05) is 12.0 Å². The monoisotopic (exact) mass is 334 g/mol. The second kappa shape index (κ2) is 7.62. The number of rotatable bonds is 5. The van der Waals surface area contributed by atoms with Crippen LogP contribution in [-0.4, -0.2) is 12.6 Å². The molecule has 4 nitrogen and oxygen atoms in total. The van der Waals surface area contributed by atoms with Crippen LogP contribution >= 0.6 is 0 Å². The van der Waals surface area contributed by atoms with Gasteiger partial charge in [-0.3, -0.25) is 0 Å². The predicted molar refractivity (Wildman–Crippen MR) is 95.6 cm³/mol. The second-order valence-electron chi connectivity index (χ2n) is 5.54. The quantitative estimate of drug-likeness (QED) is 0.660. The van der Waals surface area contributed by atoms with Crippen LogP contribution in [0.25, 0.3) is 11.1 Å². The molecule has 0 saturated heterocycles. The molecular weight excluding hydrogens is 316 g/mol. The molecular formula is C21H18O4. The molecule has 0 bridgehead atoms. The van der Waals surface area contributed by atoms with E-state index in [1.54, 1.807) is 13.0 Å². The van der Waals surface area contributed by atoms with Gasteiger partial charge in [-0.25, -0.2) is 9.59 Å². The van der Waals surface area contributed by atoms with Gasteiger partial charge in [0.15, 0.2) is 5.56 Å². The van der Waals surface area contributed by atoms with Gasteiger partial charge in [-0.15, -0.1) is 0 Å². The van der Waals surface area contributed by atoms with Gasteiger partial charge in [-0.05, 0) is 24.1 Å². The molecule has 1 heterocycles. The molecule has 1 aromatic heterocycles. The summed E-state index contributed by atoms with van der Waals surface area (Å²) in [5.41, 5.74) is 1.58. The lowest BCUT2D eigenvalue weighted by Gasteiger charge is -2.10. The molecule has 0 unspecified atom stereocenters. The van der Waals surface area contributed by atoms with Crippen molar-refractivity contribution in [3.63, 3.8) is 0 Å². The molecule has 25 heavy (non-hydrogen) atoms. The lowest BCUT2D eigenvalue weighted by Crippen LogP contribution is -2.19. The van der Waals surface area contributed by atoms with Gasteiger partial charge in [0.1, 0.15) is 5.76 Å². The summed E-state index contributed by atoms with van der Waals surface area (Å²) >= 11 is 0. The molecule has 0 saturated carbocycles. The van der Waals surface area contributed by atoms with Crippen LogP contribution in [0, 0.1) is 0 Å². The zero-order valence-electron chi connectivity index (χ0n) is 13.9. The fourth-order valence-electron chi connectivity index (χ4n) is 2.67. The first-order valence-corrected chi connectivity index (χ1v) is 8.12. The second-order valence-corrected chi connectivity index (χ2v) is 5.54. The van der Waals surface area contributed by atoms with Crippen LogP contribution in [0.5, 0.6) is 0 Å². The summed E-state index contributed by atoms with van der Waals surface area (Å²) < 4.78 is 10.4. The largest absolute Gasteiger partial charge is 0.462 e. The maximum Gasteiger partial charge on any atom is 0.351 e. The Balaban J connectivity index is 2.11. The maximum absolute atomic E-state index is 12.5. The third-order valence-electron chi connectivity index (χ3n) is 3.79. The highest BCUT2D eigenvalue weighted by molar-refractivity contribution is 5.96. The molecule has 0 radical (unpaired) electrons. The number of ether oxygens (including phenoxy) is 1. The Morgan fingerprint density at radius 2 is 1.64 bits per heavy atom. The molecule has 4 heteroatoms. The first-order chi connectivity index (χ1) is 12.2. The van der Waals surface area contributed by atoms with E-state index in [1.165, 1.54) is 0 Å². The Kier molecular flexibility index (Phi) is 5.09. The molecule has 0 amide bonds. The van der Waals surface area contributed by atoms with Gasteiger partial charge in [-0.2, -0.15) is 0 Å². The number of hydrogen-bond acceptors (Lipinski definition) is 4. The Labute approximate surface area is 145 Å². The van der Waals surface area contributed by atoms with Crippen LogP contribution in [0.2, 0.25) is 0 Å². The number of carbonyl (C=O) groups excluding carboxylic acids is 1. The zero-order chi connectivity index (χ0) is 17.6. The minimum absolute atomic E-state index is 0.0649. The average molecular weight is 334 g/mol. The highest BCUT2D eigenvalue weighted by atomic mass is 16.5. The maximum atomic E-state index is 12.5. The molecule has 2 aromatic carbocycles. The van der Waals surface area contributed by atoms with Crippen molar-refractivity contribution in [2.45, 2.75) is 13.3 Å². The van der Waals surface area contributed by atoms with E-state index in [4.69, 9.17) is 9.15 Å². The number of esters is 1. The molecule has 0 N–H and O–H groups in total. The standard InChI is InChI=1S/C21H18O4/c1-2-24-20(22)19-18(16-11-7-4-8-12-16)14-17(25-21(19)23)13-15-9-5-3-6-10-15/h3-12,14H,2,13H2,1H3. The number of benzene rings is 2. The Bertz CT molecular complexity index is 912. The third kappa shape index (κ3) is 3.86. The molecule has 0 atom stereocenters. The summed E-state index contributed by atoms with van der Waals surface area (Å²) in [7, 11) is 0. The lowest BCUT2D eigenvalue weighted by atomic mass is 9.99. The Morgan fingerprint density at radius 1 is 1.00 bits per heavy atom. The van der Waals surface area contributed by atoms with Crippen LogP contribution in [0.15, 0.2) is 75.9 Å². The summed E-state index contributed by atoms with van der Waals surface area (Å²) in [5.74, 6) is -0.163. The van der Waals surface area contributed by atoms with E-state index in [9.17, 15) is 9.59 Å². The van der Waals surface area contributed by atoms with E-state index in [-0.39, 0.29) is 12.2 Å². The molecule has 0 aliphatic heterocycles. The Hall–Kier alpha value is -3.14. The van der Waals surface area contributed by atoms with Crippen LogP contribution in [0.4, 0.5) is 0 Å². The van der Waals surface area contributed by atoms with E-state index in [1.807, 2.05) is 60.7 Å². The SMILES string of the molecule is CCOC(=O)c1c(-c2ccccc2)cc(Cc2ccccc2)oc1=O. The highest BCUT2D eigenvalue weighted by Gasteiger charge is 2.21. The van der Waals surface area contributed by atoms with Gasteiger partial charge in [-0.1, -0.05) is 60.7 Å². The lowest BCUT2D eigenvalue weighted by molar-refractivity contribution is 0.0522. The van der Waals surface area contributed by atoms with Crippen LogP contribution in [0.1, 0.15) is 28.6 Å². The predicted octanol–water partition coefficient (Wildman–Crippen LogP) is 4.07. The average Bonchev–Trinajstić information content (AvgIpc) is 2.63. The van der Waals surface area contributed by atoms with Gasteiger partial charge < -0.3 is 9.15 Å². The minimum atomic E-state index is -0.675. The van der Waals surface area contributed by atoms with Crippen molar-refractivity contribution in [2.24, 2.45) is 0 Å².